The van der Waals surface area contributed by atoms with E-state index in [1.807, 2.05) is 7.05 Å². The summed E-state index contributed by atoms with van der Waals surface area (Å²) in [7, 11) is 2.00. The van der Waals surface area contributed by atoms with Gasteiger partial charge in [0, 0.05) is 38.1 Å². The van der Waals surface area contributed by atoms with Crippen LogP contribution in [0, 0.1) is 5.82 Å². The summed E-state index contributed by atoms with van der Waals surface area (Å²) in [5.41, 5.74) is 1.02. The second-order valence-electron chi connectivity index (χ2n) is 6.48. The second-order valence-corrected chi connectivity index (χ2v) is 6.48. The van der Waals surface area contributed by atoms with Gasteiger partial charge in [0.05, 0.1) is 17.8 Å². The number of benzene rings is 1. The Labute approximate surface area is 156 Å². The molecule has 0 atom stereocenters. The lowest BCUT2D eigenvalue weighted by Gasteiger charge is -2.36. The van der Waals surface area contributed by atoms with E-state index in [9.17, 15) is 14.0 Å². The van der Waals surface area contributed by atoms with Crippen molar-refractivity contribution in [2.24, 2.45) is 0 Å². The van der Waals surface area contributed by atoms with Gasteiger partial charge in [-0.05, 0) is 37.4 Å². The number of likely N-dealkylation sites (N-methyl/N-ethyl adjacent to an activating group) is 1. The molecular formula is C19H21FN4O3. The van der Waals surface area contributed by atoms with Crippen molar-refractivity contribution in [1.29, 1.82) is 0 Å². The topological polar surface area (TPSA) is 77.0 Å². The summed E-state index contributed by atoms with van der Waals surface area (Å²) in [4.78, 5) is 33.5. The molecule has 0 unspecified atom stereocenters. The van der Waals surface area contributed by atoms with E-state index >= 15 is 0 Å². The quantitative estimate of drug-likeness (QED) is 0.891. The van der Waals surface area contributed by atoms with Crippen molar-refractivity contribution in [2.45, 2.75) is 6.54 Å². The van der Waals surface area contributed by atoms with Gasteiger partial charge in [-0.3, -0.25) is 9.88 Å². The van der Waals surface area contributed by atoms with Gasteiger partial charge in [0.15, 0.2) is 0 Å². The van der Waals surface area contributed by atoms with Crippen molar-refractivity contribution in [2.75, 3.05) is 38.1 Å². The summed E-state index contributed by atoms with van der Waals surface area (Å²) in [6, 6.07) is 8.62. The molecule has 2 heterocycles. The monoisotopic (exact) mass is 372 g/mol. The van der Waals surface area contributed by atoms with E-state index < -0.39 is 11.8 Å². The first kappa shape index (κ1) is 18.8. The predicted molar refractivity (Wildman–Crippen MR) is 98.2 cm³/mol. The highest BCUT2D eigenvalue weighted by molar-refractivity contribution is 5.92. The number of carbonyl (C=O) groups excluding carboxylic acids is 1. The fourth-order valence-electron chi connectivity index (χ4n) is 2.89. The van der Waals surface area contributed by atoms with Gasteiger partial charge in [0.25, 0.3) is 0 Å². The first-order valence-corrected chi connectivity index (χ1v) is 8.63. The van der Waals surface area contributed by atoms with Crippen LogP contribution in [0.5, 0.6) is 0 Å². The fourth-order valence-corrected chi connectivity index (χ4v) is 2.89. The molecule has 1 N–H and O–H groups in total. The number of aromatic carboxylic acids is 1. The van der Waals surface area contributed by atoms with E-state index in [2.05, 4.69) is 9.88 Å². The molecule has 142 valence electrons. The molecule has 1 aromatic heterocycles. The third-order valence-electron chi connectivity index (χ3n) is 4.52. The first-order valence-electron chi connectivity index (χ1n) is 8.63. The maximum absolute atomic E-state index is 13.7. The van der Waals surface area contributed by atoms with Gasteiger partial charge in [-0.1, -0.05) is 6.07 Å². The first-order chi connectivity index (χ1) is 12.9. The molecule has 1 aromatic carbocycles. The Kier molecular flexibility index (Phi) is 5.66. The van der Waals surface area contributed by atoms with Crippen molar-refractivity contribution in [3.05, 3.63) is 59.7 Å². The third kappa shape index (κ3) is 4.59. The molecule has 0 radical (unpaired) electrons. The molecule has 1 saturated heterocycles. The molecule has 1 fully saturated rings. The number of anilines is 1. The van der Waals surface area contributed by atoms with Crippen molar-refractivity contribution >= 4 is 17.7 Å². The van der Waals surface area contributed by atoms with Crippen molar-refractivity contribution in [1.82, 2.24) is 14.8 Å². The number of carbonyl (C=O) groups is 2. The number of aromatic nitrogens is 1. The van der Waals surface area contributed by atoms with Crippen molar-refractivity contribution < 1.29 is 19.1 Å². The van der Waals surface area contributed by atoms with E-state index in [1.54, 1.807) is 23.1 Å². The number of nitrogens with zero attached hydrogens (tertiary/aromatic N) is 4. The Bertz CT molecular complexity index is 820. The van der Waals surface area contributed by atoms with Crippen LogP contribution in [-0.2, 0) is 6.54 Å². The number of carboxylic acids is 1. The SMILES string of the molecule is CN1CCN(C(=O)N(Cc2ccc(C(=O)O)cn2)c2cccc(F)c2)CC1. The van der Waals surface area contributed by atoms with E-state index in [1.165, 1.54) is 29.3 Å². The Hall–Kier alpha value is -3.00. The molecule has 2 aromatic rings. The molecule has 1 aliphatic heterocycles. The fraction of sp³-hybridized carbons (Fsp3) is 0.316. The van der Waals surface area contributed by atoms with Crippen molar-refractivity contribution in [3.8, 4) is 0 Å². The molecule has 1 aliphatic rings. The predicted octanol–water partition coefficient (Wildman–Crippen LogP) is 2.29. The van der Waals surface area contributed by atoms with Gasteiger partial charge in [-0.15, -0.1) is 0 Å². The Morgan fingerprint density at radius 2 is 1.93 bits per heavy atom. The summed E-state index contributed by atoms with van der Waals surface area (Å²) >= 11 is 0. The molecule has 3 rings (SSSR count). The number of amides is 2. The van der Waals surface area contributed by atoms with E-state index in [4.69, 9.17) is 5.11 Å². The maximum Gasteiger partial charge on any atom is 0.337 e. The zero-order valence-electron chi connectivity index (χ0n) is 15.0. The zero-order valence-corrected chi connectivity index (χ0v) is 15.0. The van der Waals surface area contributed by atoms with Crippen LogP contribution in [0.2, 0.25) is 0 Å². The lowest BCUT2D eigenvalue weighted by molar-refractivity contribution is 0.0696. The van der Waals surface area contributed by atoms with Gasteiger partial charge < -0.3 is 14.9 Å². The van der Waals surface area contributed by atoms with Crippen LogP contribution in [0.3, 0.4) is 0 Å². The molecule has 0 spiro atoms. The lowest BCUT2D eigenvalue weighted by atomic mass is 10.2. The number of carboxylic acid groups (broad SMARTS) is 1. The smallest absolute Gasteiger partial charge is 0.337 e. The number of hydrogen-bond donors (Lipinski definition) is 1. The van der Waals surface area contributed by atoms with Crippen LogP contribution >= 0.6 is 0 Å². The van der Waals surface area contributed by atoms with Crippen LogP contribution in [-0.4, -0.2) is 65.1 Å². The minimum absolute atomic E-state index is 0.0708. The highest BCUT2D eigenvalue weighted by Crippen LogP contribution is 2.20. The average Bonchev–Trinajstić information content (AvgIpc) is 2.66. The number of halogens is 1. The van der Waals surface area contributed by atoms with E-state index in [-0.39, 0.29) is 18.1 Å². The normalized spacial score (nSPS) is 14.8. The zero-order chi connectivity index (χ0) is 19.4. The minimum atomic E-state index is -1.07. The molecule has 27 heavy (non-hydrogen) atoms. The van der Waals surface area contributed by atoms with Crippen LogP contribution in [0.15, 0.2) is 42.6 Å². The highest BCUT2D eigenvalue weighted by Gasteiger charge is 2.26. The van der Waals surface area contributed by atoms with Crippen LogP contribution in [0.4, 0.5) is 14.9 Å². The van der Waals surface area contributed by atoms with Gasteiger partial charge in [0.2, 0.25) is 0 Å². The highest BCUT2D eigenvalue weighted by atomic mass is 19.1. The van der Waals surface area contributed by atoms with Gasteiger partial charge in [0.1, 0.15) is 5.82 Å². The summed E-state index contributed by atoms with van der Waals surface area (Å²) in [5.74, 6) is -1.50. The molecule has 2 amide bonds. The molecule has 8 heteroatoms. The molecule has 0 saturated carbocycles. The number of piperazine rings is 1. The molecule has 0 aliphatic carbocycles. The van der Waals surface area contributed by atoms with Gasteiger partial charge in [-0.25, -0.2) is 14.0 Å². The average molecular weight is 372 g/mol. The summed E-state index contributed by atoms with van der Waals surface area (Å²) < 4.78 is 13.7. The standard InChI is InChI=1S/C19H21FN4O3/c1-22-7-9-23(10-8-22)19(27)24(17-4-2-3-15(20)11-17)13-16-6-5-14(12-21-16)18(25)26/h2-6,11-12H,7-10,13H2,1H3,(H,25,26). The van der Waals surface area contributed by atoms with Crippen molar-refractivity contribution in [3.63, 3.8) is 0 Å². The van der Waals surface area contributed by atoms with E-state index in [0.29, 0.717) is 24.5 Å². The molecular weight excluding hydrogens is 351 g/mol. The van der Waals surface area contributed by atoms with Gasteiger partial charge in [-0.2, -0.15) is 0 Å². The largest absolute Gasteiger partial charge is 0.478 e. The van der Waals surface area contributed by atoms with Gasteiger partial charge >= 0.3 is 12.0 Å². The van der Waals surface area contributed by atoms with Crippen LogP contribution in [0.1, 0.15) is 16.1 Å². The third-order valence-corrected chi connectivity index (χ3v) is 4.52. The van der Waals surface area contributed by atoms with Crippen LogP contribution < -0.4 is 4.90 Å². The summed E-state index contributed by atoms with van der Waals surface area (Å²) in [5, 5.41) is 8.99. The Morgan fingerprint density at radius 3 is 2.52 bits per heavy atom. The number of pyridine rings is 1. The number of urea groups is 1. The second kappa shape index (κ2) is 8.13. The Morgan fingerprint density at radius 1 is 1.19 bits per heavy atom. The number of hydrogen-bond acceptors (Lipinski definition) is 4. The minimum Gasteiger partial charge on any atom is -0.478 e. The molecule has 0 bridgehead atoms. The Balaban J connectivity index is 1.85. The molecule has 7 nitrogen and oxygen atoms in total. The lowest BCUT2D eigenvalue weighted by Crippen LogP contribution is -2.52. The summed E-state index contributed by atoms with van der Waals surface area (Å²) in [6.45, 7) is 2.84. The van der Waals surface area contributed by atoms with E-state index in [0.717, 1.165) is 13.1 Å². The number of rotatable bonds is 4. The maximum atomic E-state index is 13.7. The summed E-state index contributed by atoms with van der Waals surface area (Å²) in [6.07, 6.45) is 1.25. The van der Waals surface area contributed by atoms with Crippen LogP contribution in [0.25, 0.3) is 0 Å².